The van der Waals surface area contributed by atoms with E-state index in [0.29, 0.717) is 0 Å². The van der Waals surface area contributed by atoms with Crippen LogP contribution in [0.5, 0.6) is 0 Å². The van der Waals surface area contributed by atoms with E-state index in [9.17, 15) is 0 Å². The lowest BCUT2D eigenvalue weighted by atomic mass is 10.3. The zero-order valence-corrected chi connectivity index (χ0v) is 8.34. The Morgan fingerprint density at radius 1 is 0.900 bits per heavy atom. The van der Waals surface area contributed by atoms with Crippen molar-refractivity contribution in [2.24, 2.45) is 5.73 Å². The molecule has 0 atom stereocenters. The van der Waals surface area contributed by atoms with Crippen molar-refractivity contribution in [1.82, 2.24) is 0 Å². The summed E-state index contributed by atoms with van der Waals surface area (Å²) in [4.78, 5) is 0. The fraction of sp³-hybridized carbons (Fsp3) is 1.00. The molecule has 0 radical (unpaired) electrons. The van der Waals surface area contributed by atoms with Crippen LogP contribution in [0.3, 0.4) is 0 Å². The molecule has 0 bridgehead atoms. The van der Waals surface area contributed by atoms with Gasteiger partial charge >= 0.3 is 0 Å². The molecule has 1 saturated heterocycles. The molecule has 0 aromatic carbocycles. The van der Waals surface area contributed by atoms with Crippen LogP contribution >= 0.6 is 11.8 Å². The summed E-state index contributed by atoms with van der Waals surface area (Å²) in [6.07, 6.45) is 4.41. The van der Waals surface area contributed by atoms with Crippen LogP contribution in [0.2, 0.25) is 0 Å². The summed E-state index contributed by atoms with van der Waals surface area (Å²) in [5, 5.41) is 0. The Morgan fingerprint density at radius 2 is 1.30 bits per heavy atom. The van der Waals surface area contributed by atoms with Gasteiger partial charge in [0.1, 0.15) is 0 Å². The maximum Gasteiger partial charge on any atom is -0.00675 e. The molecule has 0 aromatic heterocycles. The van der Waals surface area contributed by atoms with E-state index in [1.807, 2.05) is 13.8 Å². The third-order valence-electron chi connectivity index (χ3n) is 1.08. The first-order valence-electron chi connectivity index (χ1n) is 4.15. The molecule has 1 nitrogen and oxygen atoms in total. The molecule has 0 unspecified atom stereocenters. The first-order valence-corrected chi connectivity index (χ1v) is 5.31. The molecule has 0 aliphatic carbocycles. The van der Waals surface area contributed by atoms with Gasteiger partial charge in [0.15, 0.2) is 0 Å². The summed E-state index contributed by atoms with van der Waals surface area (Å²) in [5.41, 5.74) is 4.50. The minimum absolute atomic E-state index is 1.42. The van der Waals surface area contributed by atoms with Crippen molar-refractivity contribution < 1.29 is 0 Å². The third-order valence-corrected chi connectivity index (χ3v) is 2.23. The Morgan fingerprint density at radius 3 is 1.40 bits per heavy atom. The van der Waals surface area contributed by atoms with Crippen LogP contribution in [0.25, 0.3) is 0 Å². The molecule has 0 amide bonds. The molecule has 1 aliphatic heterocycles. The number of hydrogen-bond donors (Lipinski definition) is 1. The van der Waals surface area contributed by atoms with E-state index in [4.69, 9.17) is 0 Å². The van der Waals surface area contributed by atoms with E-state index < -0.39 is 0 Å². The lowest BCUT2D eigenvalue weighted by Gasteiger charge is -2.05. The zero-order valence-electron chi connectivity index (χ0n) is 7.52. The average molecular weight is 163 g/mol. The number of rotatable bonds is 0. The Balaban J connectivity index is 0. The highest BCUT2D eigenvalue weighted by Crippen LogP contribution is 2.14. The zero-order chi connectivity index (χ0) is 8.24. The second-order valence-corrected chi connectivity index (χ2v) is 2.90. The smallest absolute Gasteiger partial charge is 0.00675 e. The van der Waals surface area contributed by atoms with Crippen molar-refractivity contribution in [3.63, 3.8) is 0 Å². The molecular weight excluding hydrogens is 142 g/mol. The molecule has 1 heterocycles. The van der Waals surface area contributed by atoms with Gasteiger partial charge in [0.05, 0.1) is 0 Å². The molecule has 2 N–H and O–H groups in total. The summed E-state index contributed by atoms with van der Waals surface area (Å²) >= 11 is 2.09. The van der Waals surface area contributed by atoms with Crippen LogP contribution in [0.1, 0.15) is 33.1 Å². The monoisotopic (exact) mass is 163 g/mol. The van der Waals surface area contributed by atoms with Gasteiger partial charge in [-0.15, -0.1) is 0 Å². The van der Waals surface area contributed by atoms with Crippen molar-refractivity contribution in [2.75, 3.05) is 18.6 Å². The molecule has 2 heteroatoms. The summed E-state index contributed by atoms with van der Waals surface area (Å²) in [6.45, 7) is 4.00. The van der Waals surface area contributed by atoms with Gasteiger partial charge in [-0.05, 0) is 31.4 Å². The van der Waals surface area contributed by atoms with Crippen LogP contribution in [-0.4, -0.2) is 18.6 Å². The van der Waals surface area contributed by atoms with E-state index in [0.717, 1.165) is 0 Å². The van der Waals surface area contributed by atoms with Crippen molar-refractivity contribution in [2.45, 2.75) is 33.1 Å². The molecule has 0 saturated carbocycles. The van der Waals surface area contributed by atoms with Crippen molar-refractivity contribution >= 4 is 11.8 Å². The van der Waals surface area contributed by atoms with Crippen LogP contribution in [-0.2, 0) is 0 Å². The Hall–Kier alpha value is 0.310. The summed E-state index contributed by atoms with van der Waals surface area (Å²) in [7, 11) is 1.50. The minimum atomic E-state index is 1.42. The van der Waals surface area contributed by atoms with Gasteiger partial charge in [0, 0.05) is 0 Å². The van der Waals surface area contributed by atoms with Crippen LogP contribution < -0.4 is 5.73 Å². The molecule has 1 rings (SSSR count). The summed E-state index contributed by atoms with van der Waals surface area (Å²) < 4.78 is 0. The van der Waals surface area contributed by atoms with Gasteiger partial charge in [-0.25, -0.2) is 0 Å². The lowest BCUT2D eigenvalue weighted by molar-refractivity contribution is 0.764. The highest BCUT2D eigenvalue weighted by Gasteiger charge is 1.95. The molecule has 64 valence electrons. The fourth-order valence-electron chi connectivity index (χ4n) is 0.687. The van der Waals surface area contributed by atoms with Crippen molar-refractivity contribution in [3.05, 3.63) is 0 Å². The largest absolute Gasteiger partial charge is 0.333 e. The quantitative estimate of drug-likeness (QED) is 0.594. The Bertz CT molecular complexity index is 24.7. The SMILES string of the molecule is C1CCSCC1.CC.CN. The maximum atomic E-state index is 4.50. The minimum Gasteiger partial charge on any atom is -0.333 e. The molecule has 0 spiro atoms. The Kier molecular flexibility index (Phi) is 20.9. The molecule has 1 fully saturated rings. The maximum absolute atomic E-state index is 4.50. The summed E-state index contributed by atoms with van der Waals surface area (Å²) in [5.74, 6) is 2.83. The average Bonchev–Trinajstić information content (AvgIpc) is 2.14. The van der Waals surface area contributed by atoms with Gasteiger partial charge in [-0.2, -0.15) is 11.8 Å². The first-order chi connectivity index (χ1) is 5.00. The highest BCUT2D eigenvalue weighted by atomic mass is 32.2. The first kappa shape index (κ1) is 12.9. The van der Waals surface area contributed by atoms with E-state index >= 15 is 0 Å². The van der Waals surface area contributed by atoms with E-state index in [1.54, 1.807) is 0 Å². The van der Waals surface area contributed by atoms with Crippen LogP contribution in [0.4, 0.5) is 0 Å². The summed E-state index contributed by atoms with van der Waals surface area (Å²) in [6, 6.07) is 0. The van der Waals surface area contributed by atoms with Gasteiger partial charge in [0.2, 0.25) is 0 Å². The number of hydrogen-bond acceptors (Lipinski definition) is 2. The fourth-order valence-corrected chi connectivity index (χ4v) is 1.71. The van der Waals surface area contributed by atoms with Crippen LogP contribution in [0.15, 0.2) is 0 Å². The van der Waals surface area contributed by atoms with Crippen molar-refractivity contribution in [3.8, 4) is 0 Å². The van der Waals surface area contributed by atoms with E-state index in [1.165, 1.54) is 37.8 Å². The molecule has 0 aromatic rings. The highest BCUT2D eigenvalue weighted by molar-refractivity contribution is 7.99. The number of nitrogens with two attached hydrogens (primary N) is 1. The van der Waals surface area contributed by atoms with E-state index in [-0.39, 0.29) is 0 Å². The topological polar surface area (TPSA) is 26.0 Å². The standard InChI is InChI=1S/C5H10S.C2H6.CH5N/c1-2-4-6-5-3-1;2*1-2/h1-5H2;1-2H3;2H2,1H3. The normalized spacial score (nSPS) is 15.6. The van der Waals surface area contributed by atoms with Crippen molar-refractivity contribution in [1.29, 1.82) is 0 Å². The lowest BCUT2D eigenvalue weighted by Crippen LogP contribution is -1.91. The predicted molar refractivity (Wildman–Crippen MR) is 52.6 cm³/mol. The Labute approximate surface area is 69.8 Å². The second kappa shape index (κ2) is 16.1. The molecular formula is C8H21NS. The van der Waals surface area contributed by atoms with Gasteiger partial charge in [-0.3, -0.25) is 0 Å². The van der Waals surface area contributed by atoms with E-state index in [2.05, 4.69) is 17.5 Å². The number of thioether (sulfide) groups is 1. The van der Waals surface area contributed by atoms with Crippen LogP contribution in [0, 0.1) is 0 Å². The second-order valence-electron chi connectivity index (χ2n) is 1.67. The van der Waals surface area contributed by atoms with Gasteiger partial charge in [-0.1, -0.05) is 20.3 Å². The van der Waals surface area contributed by atoms with Gasteiger partial charge < -0.3 is 5.73 Å². The molecule has 1 aliphatic rings. The van der Waals surface area contributed by atoms with Gasteiger partial charge in [0.25, 0.3) is 0 Å². The predicted octanol–water partition coefficient (Wildman–Crippen LogP) is 2.50. The third kappa shape index (κ3) is 11.2. The molecule has 10 heavy (non-hydrogen) atoms.